The van der Waals surface area contributed by atoms with Gasteiger partial charge >= 0.3 is 6.03 Å². The Morgan fingerprint density at radius 3 is 2.39 bits per heavy atom. The summed E-state index contributed by atoms with van der Waals surface area (Å²) < 4.78 is 25.6. The molecule has 1 aromatic heterocycles. The van der Waals surface area contributed by atoms with Crippen molar-refractivity contribution in [2.75, 3.05) is 32.5 Å². The molecule has 1 aliphatic rings. The number of urea groups is 1. The van der Waals surface area contributed by atoms with Crippen LogP contribution in [0.4, 0.5) is 9.80 Å². The van der Waals surface area contributed by atoms with Crippen molar-refractivity contribution < 1.29 is 22.8 Å². The molecule has 1 aliphatic heterocycles. The summed E-state index contributed by atoms with van der Waals surface area (Å²) in [5.74, 6) is -1.16. The van der Waals surface area contributed by atoms with E-state index < -0.39 is 27.9 Å². The van der Waals surface area contributed by atoms with Crippen molar-refractivity contribution in [1.82, 2.24) is 14.5 Å². The number of hydrogen-bond acceptors (Lipinski definition) is 7. The van der Waals surface area contributed by atoms with E-state index in [0.29, 0.717) is 18.0 Å². The third kappa shape index (κ3) is 5.41. The van der Waals surface area contributed by atoms with Crippen LogP contribution in [0.15, 0.2) is 29.2 Å². The molecule has 0 bridgehead atoms. The van der Waals surface area contributed by atoms with E-state index in [1.54, 1.807) is 0 Å². The lowest BCUT2D eigenvalue weighted by Crippen LogP contribution is -2.36. The maximum absolute atomic E-state index is 12.9. The number of benzene rings is 1. The molecule has 0 saturated carbocycles. The van der Waals surface area contributed by atoms with Crippen molar-refractivity contribution in [1.29, 1.82) is 0 Å². The molecule has 2 aromatic rings. The molecule has 0 radical (unpaired) electrons. The molecular weight excluding hydrogens is 466 g/mol. The Bertz CT molecular complexity index is 1170. The number of primary amides is 1. The highest BCUT2D eigenvalue weighted by Gasteiger charge is 2.29. The molecule has 0 aliphatic carbocycles. The highest BCUT2D eigenvalue weighted by Crippen LogP contribution is 2.37. The molecule has 10 nitrogen and oxygen atoms in total. The summed E-state index contributed by atoms with van der Waals surface area (Å²) >= 11 is 1.29. The minimum Gasteiger partial charge on any atom is -0.351 e. The Balaban J connectivity index is 1.90. The van der Waals surface area contributed by atoms with Crippen molar-refractivity contribution in [3.05, 3.63) is 45.8 Å². The number of carbonyl (C=O) groups is 3. The number of sulfonamides is 1. The lowest BCUT2D eigenvalue weighted by molar-refractivity contribution is 0.0965. The van der Waals surface area contributed by atoms with Gasteiger partial charge in [0.15, 0.2) is 0 Å². The zero-order chi connectivity index (χ0) is 24.3. The highest BCUT2D eigenvalue weighted by atomic mass is 32.2. The molecule has 0 fully saturated rings. The van der Waals surface area contributed by atoms with Gasteiger partial charge in [-0.25, -0.2) is 17.5 Å². The van der Waals surface area contributed by atoms with Crippen molar-refractivity contribution in [2.24, 2.45) is 5.73 Å². The molecular formula is C21H27N5O5S2. The van der Waals surface area contributed by atoms with Crippen molar-refractivity contribution in [3.63, 3.8) is 0 Å². The predicted octanol–water partition coefficient (Wildman–Crippen LogP) is 1.83. The van der Waals surface area contributed by atoms with E-state index in [1.165, 1.54) is 49.7 Å². The van der Waals surface area contributed by atoms with Crippen LogP contribution in [0.5, 0.6) is 0 Å². The van der Waals surface area contributed by atoms with Gasteiger partial charge in [-0.15, -0.1) is 11.3 Å². The summed E-state index contributed by atoms with van der Waals surface area (Å²) in [6.45, 7) is 4.43. The molecule has 33 heavy (non-hydrogen) atoms. The van der Waals surface area contributed by atoms with Crippen LogP contribution < -0.4 is 16.4 Å². The number of fused-ring (bicyclic) bond motifs is 1. The predicted molar refractivity (Wildman–Crippen MR) is 126 cm³/mol. The number of nitrogens with zero attached hydrogens (tertiary/aromatic N) is 2. The fraction of sp³-hybridized carbons (Fsp3) is 0.381. The molecule has 2 heterocycles. The minimum absolute atomic E-state index is 0.0631. The average Bonchev–Trinajstić information content (AvgIpc) is 3.10. The van der Waals surface area contributed by atoms with Crippen LogP contribution in [-0.2, 0) is 23.0 Å². The molecule has 3 rings (SSSR count). The first-order valence-electron chi connectivity index (χ1n) is 10.4. The Kier molecular flexibility index (Phi) is 7.52. The number of anilines is 1. The first kappa shape index (κ1) is 24.8. The molecule has 0 unspecified atom stereocenters. The fourth-order valence-electron chi connectivity index (χ4n) is 3.63. The Hall–Kier alpha value is -2.80. The van der Waals surface area contributed by atoms with E-state index in [0.717, 1.165) is 34.3 Å². The standard InChI is InChI=1S/C21H27N5O5S2/c1-4-10-26-11-9-15-16(12-26)32-20(17(15)19(28)24-21(22)29)23-18(27)13-5-7-14(8-6-13)33(30,31)25(2)3/h5-8H,4,9-12H2,1-3H3,(H,23,27)(H3,22,24,28,29). The van der Waals surface area contributed by atoms with Crippen LogP contribution in [0.3, 0.4) is 0 Å². The van der Waals surface area contributed by atoms with E-state index in [-0.39, 0.29) is 16.0 Å². The van der Waals surface area contributed by atoms with Gasteiger partial charge in [-0.2, -0.15) is 0 Å². The van der Waals surface area contributed by atoms with Gasteiger partial charge in [0.1, 0.15) is 5.00 Å². The van der Waals surface area contributed by atoms with Gasteiger partial charge in [0.2, 0.25) is 10.0 Å². The van der Waals surface area contributed by atoms with Gasteiger partial charge in [-0.1, -0.05) is 6.92 Å². The summed E-state index contributed by atoms with van der Waals surface area (Å²) in [7, 11) is -0.767. The topological polar surface area (TPSA) is 142 Å². The van der Waals surface area contributed by atoms with Crippen molar-refractivity contribution >= 4 is 44.2 Å². The van der Waals surface area contributed by atoms with Crippen LogP contribution in [0, 0.1) is 0 Å². The van der Waals surface area contributed by atoms with E-state index in [9.17, 15) is 22.8 Å². The van der Waals surface area contributed by atoms with Gasteiger partial charge in [0.25, 0.3) is 11.8 Å². The van der Waals surface area contributed by atoms with Gasteiger partial charge in [0.05, 0.1) is 10.5 Å². The number of thiophene rings is 1. The summed E-state index contributed by atoms with van der Waals surface area (Å²) in [4.78, 5) is 40.2. The lowest BCUT2D eigenvalue weighted by Gasteiger charge is -2.26. The summed E-state index contributed by atoms with van der Waals surface area (Å²) in [6.07, 6.45) is 1.61. The Morgan fingerprint density at radius 2 is 1.82 bits per heavy atom. The largest absolute Gasteiger partial charge is 0.351 e. The second kappa shape index (κ2) is 10.00. The van der Waals surface area contributed by atoms with Crippen LogP contribution >= 0.6 is 11.3 Å². The van der Waals surface area contributed by atoms with Gasteiger partial charge in [0, 0.05) is 37.6 Å². The molecule has 0 spiro atoms. The normalized spacial score (nSPS) is 14.1. The molecule has 4 N–H and O–H groups in total. The first-order valence-corrected chi connectivity index (χ1v) is 12.6. The van der Waals surface area contributed by atoms with Crippen LogP contribution in [0.2, 0.25) is 0 Å². The second-order valence-electron chi connectivity index (χ2n) is 7.82. The maximum atomic E-state index is 12.9. The number of nitrogens with two attached hydrogens (primary N) is 1. The summed E-state index contributed by atoms with van der Waals surface area (Å²) in [6, 6.07) is 4.55. The smallest absolute Gasteiger partial charge is 0.319 e. The van der Waals surface area contributed by atoms with Crippen LogP contribution in [-0.4, -0.2) is 62.7 Å². The summed E-state index contributed by atoms with van der Waals surface area (Å²) in [5.41, 5.74) is 6.40. The number of carbonyl (C=O) groups excluding carboxylic acids is 3. The van der Waals surface area contributed by atoms with Gasteiger partial charge in [-0.05, 0) is 49.2 Å². The first-order chi connectivity index (χ1) is 15.5. The molecule has 178 valence electrons. The van der Waals surface area contributed by atoms with Crippen LogP contribution in [0.25, 0.3) is 0 Å². The van der Waals surface area contributed by atoms with Crippen molar-refractivity contribution in [2.45, 2.75) is 31.2 Å². The average molecular weight is 494 g/mol. The number of rotatable bonds is 7. The van der Waals surface area contributed by atoms with E-state index in [2.05, 4.69) is 22.5 Å². The molecule has 12 heteroatoms. The monoisotopic (exact) mass is 493 g/mol. The molecule has 4 amide bonds. The quantitative estimate of drug-likeness (QED) is 0.537. The number of hydrogen-bond donors (Lipinski definition) is 3. The Labute approximate surface area is 196 Å². The third-order valence-corrected chi connectivity index (χ3v) is 8.22. The van der Waals surface area contributed by atoms with E-state index >= 15 is 0 Å². The van der Waals surface area contributed by atoms with Gasteiger partial charge in [-0.3, -0.25) is 19.8 Å². The van der Waals surface area contributed by atoms with Crippen molar-refractivity contribution in [3.8, 4) is 0 Å². The minimum atomic E-state index is -3.62. The number of nitrogens with one attached hydrogen (secondary N) is 2. The van der Waals surface area contributed by atoms with Crippen LogP contribution in [0.1, 0.15) is 44.5 Å². The third-order valence-electron chi connectivity index (χ3n) is 5.26. The molecule has 1 aromatic carbocycles. The maximum Gasteiger partial charge on any atom is 0.319 e. The zero-order valence-corrected chi connectivity index (χ0v) is 20.3. The fourth-order valence-corrected chi connectivity index (χ4v) is 5.81. The number of imide groups is 1. The number of amides is 4. The molecule has 0 saturated heterocycles. The highest BCUT2D eigenvalue weighted by molar-refractivity contribution is 7.89. The SMILES string of the molecule is CCCN1CCc2c(sc(NC(=O)c3ccc(S(=O)(=O)N(C)C)cc3)c2C(=O)NC(N)=O)C1. The van der Waals surface area contributed by atoms with E-state index in [4.69, 9.17) is 5.73 Å². The Morgan fingerprint density at radius 1 is 1.15 bits per heavy atom. The second-order valence-corrected chi connectivity index (χ2v) is 11.1. The molecule has 0 atom stereocenters. The van der Waals surface area contributed by atoms with Gasteiger partial charge < -0.3 is 11.1 Å². The summed E-state index contributed by atoms with van der Waals surface area (Å²) in [5, 5.41) is 5.17. The lowest BCUT2D eigenvalue weighted by atomic mass is 10.0. The van der Waals surface area contributed by atoms with E-state index in [1.807, 2.05) is 0 Å². The zero-order valence-electron chi connectivity index (χ0n) is 18.7.